The number of hydrogen-bond donors (Lipinski definition) is 1. The van der Waals surface area contributed by atoms with E-state index in [4.69, 9.17) is 11.5 Å². The topological polar surface area (TPSA) is 50.9 Å². The SMILES string of the molecule is C#CC1CC(n2cc(CCO)nn2)C1. The number of nitrogens with zero attached hydrogens (tertiary/aromatic N) is 3. The third-order valence-electron chi connectivity index (χ3n) is 2.65. The lowest BCUT2D eigenvalue weighted by Gasteiger charge is -2.31. The maximum absolute atomic E-state index is 8.72. The Balaban J connectivity index is 1.95. The molecule has 0 saturated heterocycles. The summed E-state index contributed by atoms with van der Waals surface area (Å²) in [5, 5.41) is 16.7. The summed E-state index contributed by atoms with van der Waals surface area (Å²) < 4.78 is 1.86. The third kappa shape index (κ3) is 1.64. The van der Waals surface area contributed by atoms with Gasteiger partial charge in [-0.15, -0.1) is 17.4 Å². The first-order valence-electron chi connectivity index (χ1n) is 4.81. The van der Waals surface area contributed by atoms with Crippen molar-refractivity contribution >= 4 is 0 Å². The number of hydrogen-bond acceptors (Lipinski definition) is 3. The summed E-state index contributed by atoms with van der Waals surface area (Å²) in [6.07, 6.45) is 9.77. The molecule has 1 aliphatic rings. The first-order chi connectivity index (χ1) is 6.83. The quantitative estimate of drug-likeness (QED) is 0.703. The van der Waals surface area contributed by atoms with Gasteiger partial charge in [-0.1, -0.05) is 5.21 Å². The second kappa shape index (κ2) is 3.81. The molecule has 1 aromatic heterocycles. The zero-order valence-corrected chi connectivity index (χ0v) is 7.93. The monoisotopic (exact) mass is 191 g/mol. The van der Waals surface area contributed by atoms with Crippen LogP contribution in [0.1, 0.15) is 24.6 Å². The Morgan fingerprint density at radius 2 is 2.43 bits per heavy atom. The fourth-order valence-electron chi connectivity index (χ4n) is 1.66. The highest BCUT2D eigenvalue weighted by molar-refractivity contribution is 5.03. The van der Waals surface area contributed by atoms with Crippen LogP contribution in [-0.2, 0) is 6.42 Å². The smallest absolute Gasteiger partial charge is 0.0850 e. The van der Waals surface area contributed by atoms with Gasteiger partial charge in [-0.3, -0.25) is 0 Å². The van der Waals surface area contributed by atoms with Crippen LogP contribution in [0, 0.1) is 18.3 Å². The van der Waals surface area contributed by atoms with Gasteiger partial charge in [0, 0.05) is 25.1 Å². The van der Waals surface area contributed by atoms with E-state index in [1.54, 1.807) is 0 Å². The number of aromatic nitrogens is 3. The van der Waals surface area contributed by atoms with E-state index in [0.717, 1.165) is 18.5 Å². The van der Waals surface area contributed by atoms with Gasteiger partial charge < -0.3 is 5.11 Å². The van der Waals surface area contributed by atoms with Crippen LogP contribution in [0.4, 0.5) is 0 Å². The first-order valence-corrected chi connectivity index (χ1v) is 4.81. The van der Waals surface area contributed by atoms with Gasteiger partial charge >= 0.3 is 0 Å². The molecule has 1 N–H and O–H groups in total. The fraction of sp³-hybridized carbons (Fsp3) is 0.600. The molecule has 0 spiro atoms. The Hall–Kier alpha value is -1.34. The number of aliphatic hydroxyl groups excluding tert-OH is 1. The third-order valence-corrected chi connectivity index (χ3v) is 2.65. The van der Waals surface area contributed by atoms with Crippen molar-refractivity contribution in [2.24, 2.45) is 5.92 Å². The second-order valence-corrected chi connectivity index (χ2v) is 3.65. The molecule has 2 rings (SSSR count). The molecule has 0 radical (unpaired) electrons. The molecule has 0 amide bonds. The van der Waals surface area contributed by atoms with E-state index in [2.05, 4.69) is 16.2 Å². The van der Waals surface area contributed by atoms with Crippen LogP contribution in [0.5, 0.6) is 0 Å². The van der Waals surface area contributed by atoms with Gasteiger partial charge in [0.25, 0.3) is 0 Å². The fourth-order valence-corrected chi connectivity index (χ4v) is 1.66. The summed E-state index contributed by atoms with van der Waals surface area (Å²) in [4.78, 5) is 0. The van der Waals surface area contributed by atoms with Crippen molar-refractivity contribution in [1.82, 2.24) is 15.0 Å². The van der Waals surface area contributed by atoms with E-state index in [1.165, 1.54) is 0 Å². The van der Waals surface area contributed by atoms with Crippen LogP contribution in [0.2, 0.25) is 0 Å². The van der Waals surface area contributed by atoms with Crippen LogP contribution < -0.4 is 0 Å². The molecule has 1 fully saturated rings. The maximum atomic E-state index is 8.72. The predicted octanol–water partition coefficient (Wildman–Crippen LogP) is 0.397. The zero-order valence-electron chi connectivity index (χ0n) is 7.93. The largest absolute Gasteiger partial charge is 0.396 e. The minimum atomic E-state index is 0.121. The standard InChI is InChI=1S/C10H13N3O/c1-2-8-5-10(6-8)13-7-9(3-4-14)11-12-13/h1,7-8,10,14H,3-6H2. The normalized spacial score (nSPS) is 25.4. The van der Waals surface area contributed by atoms with Crippen molar-refractivity contribution in [3.05, 3.63) is 11.9 Å². The molecule has 4 nitrogen and oxygen atoms in total. The number of aliphatic hydroxyl groups is 1. The maximum Gasteiger partial charge on any atom is 0.0850 e. The molecule has 0 unspecified atom stereocenters. The van der Waals surface area contributed by atoms with E-state index >= 15 is 0 Å². The van der Waals surface area contributed by atoms with Gasteiger partial charge in [0.15, 0.2) is 0 Å². The molecule has 1 heterocycles. The Labute approximate surface area is 82.9 Å². The van der Waals surface area contributed by atoms with Gasteiger partial charge in [-0.2, -0.15) is 0 Å². The lowest BCUT2D eigenvalue weighted by molar-refractivity contribution is 0.228. The summed E-state index contributed by atoms with van der Waals surface area (Å²) in [5.74, 6) is 3.14. The van der Waals surface area contributed by atoms with E-state index in [-0.39, 0.29) is 6.61 Å². The Kier molecular flexibility index (Phi) is 2.51. The Morgan fingerprint density at radius 1 is 1.64 bits per heavy atom. The van der Waals surface area contributed by atoms with Crippen LogP contribution in [0.15, 0.2) is 6.20 Å². The summed E-state index contributed by atoms with van der Waals surface area (Å²) in [5.41, 5.74) is 0.844. The Morgan fingerprint density at radius 3 is 3.07 bits per heavy atom. The molecule has 0 atom stereocenters. The summed E-state index contributed by atoms with van der Waals surface area (Å²) in [6.45, 7) is 0.121. The van der Waals surface area contributed by atoms with Crippen molar-refractivity contribution in [2.75, 3.05) is 6.61 Å². The van der Waals surface area contributed by atoms with Gasteiger partial charge in [-0.05, 0) is 12.8 Å². The first kappa shape index (κ1) is 9.22. The van der Waals surface area contributed by atoms with Crippen molar-refractivity contribution in [1.29, 1.82) is 0 Å². The van der Waals surface area contributed by atoms with Crippen molar-refractivity contribution in [3.8, 4) is 12.3 Å². The number of rotatable bonds is 3. The average Bonchev–Trinajstić information content (AvgIpc) is 2.52. The second-order valence-electron chi connectivity index (χ2n) is 3.65. The predicted molar refractivity (Wildman–Crippen MR) is 51.4 cm³/mol. The molecule has 0 aliphatic heterocycles. The van der Waals surface area contributed by atoms with Crippen molar-refractivity contribution < 1.29 is 5.11 Å². The number of terminal acetylenes is 1. The van der Waals surface area contributed by atoms with E-state index < -0.39 is 0 Å². The van der Waals surface area contributed by atoms with Crippen molar-refractivity contribution in [3.63, 3.8) is 0 Å². The minimum absolute atomic E-state index is 0.121. The summed E-state index contributed by atoms with van der Waals surface area (Å²) in [7, 11) is 0. The van der Waals surface area contributed by atoms with E-state index in [9.17, 15) is 0 Å². The van der Waals surface area contributed by atoms with Gasteiger partial charge in [-0.25, -0.2) is 4.68 Å². The van der Waals surface area contributed by atoms with E-state index in [1.807, 2.05) is 10.9 Å². The molecule has 1 saturated carbocycles. The highest BCUT2D eigenvalue weighted by atomic mass is 16.3. The van der Waals surface area contributed by atoms with Crippen LogP contribution in [0.25, 0.3) is 0 Å². The van der Waals surface area contributed by atoms with Crippen LogP contribution in [0.3, 0.4) is 0 Å². The van der Waals surface area contributed by atoms with E-state index in [0.29, 0.717) is 18.4 Å². The van der Waals surface area contributed by atoms with Crippen LogP contribution >= 0.6 is 0 Å². The molecular formula is C10H13N3O. The lowest BCUT2D eigenvalue weighted by Crippen LogP contribution is -2.26. The highest BCUT2D eigenvalue weighted by Crippen LogP contribution is 2.36. The minimum Gasteiger partial charge on any atom is -0.396 e. The summed E-state index contributed by atoms with van der Waals surface area (Å²) in [6, 6.07) is 0.413. The molecule has 74 valence electrons. The molecule has 4 heteroatoms. The van der Waals surface area contributed by atoms with Gasteiger partial charge in [0.05, 0.1) is 11.7 Å². The van der Waals surface area contributed by atoms with Crippen LogP contribution in [-0.4, -0.2) is 26.7 Å². The van der Waals surface area contributed by atoms with Gasteiger partial charge in [0.1, 0.15) is 0 Å². The average molecular weight is 191 g/mol. The molecular weight excluding hydrogens is 178 g/mol. The lowest BCUT2D eigenvalue weighted by atomic mass is 9.81. The van der Waals surface area contributed by atoms with Gasteiger partial charge in [0.2, 0.25) is 0 Å². The molecule has 0 aromatic carbocycles. The Bertz CT molecular complexity index is 346. The van der Waals surface area contributed by atoms with Crippen molar-refractivity contribution in [2.45, 2.75) is 25.3 Å². The zero-order chi connectivity index (χ0) is 9.97. The molecule has 1 aliphatic carbocycles. The molecule has 14 heavy (non-hydrogen) atoms. The highest BCUT2D eigenvalue weighted by Gasteiger charge is 2.29. The summed E-state index contributed by atoms with van der Waals surface area (Å²) >= 11 is 0. The molecule has 1 aromatic rings. The molecule has 0 bridgehead atoms.